The van der Waals surface area contributed by atoms with Gasteiger partial charge in [0.25, 0.3) is 0 Å². The summed E-state index contributed by atoms with van der Waals surface area (Å²) in [5, 5.41) is 25.5. The number of phenols is 1. The molecule has 1 aromatic carbocycles. The molecule has 2 amide bonds. The molecule has 6 N–H and O–H groups in total. The van der Waals surface area contributed by atoms with E-state index in [1.54, 1.807) is 12.1 Å². The average Bonchev–Trinajstić information content (AvgIpc) is 2.41. The van der Waals surface area contributed by atoms with Gasteiger partial charge in [-0.05, 0) is 37.1 Å². The van der Waals surface area contributed by atoms with Crippen molar-refractivity contribution >= 4 is 24.1 Å². The normalized spacial score (nSPS) is 19.8. The smallest absolute Gasteiger partial charge is 0.316 e. The van der Waals surface area contributed by atoms with Crippen LogP contribution in [-0.4, -0.2) is 28.8 Å². The number of nitrogens with two attached hydrogens (primary N) is 1. The molecule has 0 saturated carbocycles. The third-order valence-electron chi connectivity index (χ3n) is 3.35. The van der Waals surface area contributed by atoms with Crippen molar-refractivity contribution in [2.24, 2.45) is 5.73 Å². The van der Waals surface area contributed by atoms with Crippen LogP contribution in [0.15, 0.2) is 18.2 Å². The number of hydrogen-bond acceptors (Lipinski definition) is 4. The molecule has 1 aliphatic rings. The summed E-state index contributed by atoms with van der Waals surface area (Å²) in [6.07, 6.45) is 2.43. The lowest BCUT2D eigenvalue weighted by molar-refractivity contribution is 0.114. The van der Waals surface area contributed by atoms with E-state index in [-0.39, 0.29) is 29.9 Å². The van der Waals surface area contributed by atoms with Crippen LogP contribution in [0.25, 0.3) is 0 Å². The number of phenolic OH excluding ortho intramolecular Hbond substituents is 1. The highest BCUT2D eigenvalue weighted by Crippen LogP contribution is 2.29. The molecule has 0 radical (unpaired) electrons. The van der Waals surface area contributed by atoms with Crippen molar-refractivity contribution in [2.45, 2.75) is 31.4 Å². The maximum Gasteiger partial charge on any atom is 0.316 e. The second-order valence-corrected chi connectivity index (χ2v) is 4.77. The molecule has 6 nitrogen and oxygen atoms in total. The molecule has 0 aliphatic carbocycles. The molecular formula is C13H20ClN3O3. The van der Waals surface area contributed by atoms with Crippen LogP contribution >= 0.6 is 12.4 Å². The second-order valence-electron chi connectivity index (χ2n) is 4.77. The number of primary amides is 1. The van der Waals surface area contributed by atoms with E-state index in [0.717, 1.165) is 25.8 Å². The maximum atomic E-state index is 10.8. The zero-order valence-electron chi connectivity index (χ0n) is 11.0. The monoisotopic (exact) mass is 301 g/mol. The van der Waals surface area contributed by atoms with Crippen LogP contribution < -0.4 is 16.4 Å². The molecule has 0 aromatic heterocycles. The van der Waals surface area contributed by atoms with Gasteiger partial charge in [-0.2, -0.15) is 0 Å². The lowest BCUT2D eigenvalue weighted by Gasteiger charge is -2.28. The number of urea groups is 1. The Kier molecular flexibility index (Phi) is 6.06. The summed E-state index contributed by atoms with van der Waals surface area (Å²) in [6.45, 7) is 0.895. The predicted octanol–water partition coefficient (Wildman–Crippen LogP) is 1.48. The zero-order valence-corrected chi connectivity index (χ0v) is 11.8. The van der Waals surface area contributed by atoms with Crippen molar-refractivity contribution in [1.29, 1.82) is 0 Å². The standard InChI is InChI=1S/C13H19N3O3.ClH/c14-13(19)16-10-7-8(4-5-11(10)17)12(18)9-3-1-2-6-15-9;/h4-5,7,9,12,15,17-18H,1-3,6H2,(H3,14,16,19);1H. The van der Waals surface area contributed by atoms with Gasteiger partial charge in [0, 0.05) is 6.04 Å². The topological polar surface area (TPSA) is 108 Å². The molecule has 0 spiro atoms. The lowest BCUT2D eigenvalue weighted by Crippen LogP contribution is -2.38. The molecule has 2 atom stereocenters. The van der Waals surface area contributed by atoms with Gasteiger partial charge in [-0.15, -0.1) is 12.4 Å². The Morgan fingerprint density at radius 2 is 2.20 bits per heavy atom. The van der Waals surface area contributed by atoms with Crippen molar-refractivity contribution in [2.75, 3.05) is 11.9 Å². The highest BCUT2D eigenvalue weighted by molar-refractivity contribution is 5.89. The van der Waals surface area contributed by atoms with Crippen LogP contribution in [0.3, 0.4) is 0 Å². The van der Waals surface area contributed by atoms with E-state index in [2.05, 4.69) is 10.6 Å². The van der Waals surface area contributed by atoms with Crippen LogP contribution in [0.1, 0.15) is 30.9 Å². The minimum Gasteiger partial charge on any atom is -0.506 e. The number of carbonyl (C=O) groups excluding carboxylic acids is 1. The first-order chi connectivity index (χ1) is 9.08. The fourth-order valence-electron chi connectivity index (χ4n) is 2.35. The molecule has 2 unspecified atom stereocenters. The molecule has 112 valence electrons. The van der Waals surface area contributed by atoms with Crippen LogP contribution in [0.4, 0.5) is 10.5 Å². The van der Waals surface area contributed by atoms with Gasteiger partial charge in [0.15, 0.2) is 0 Å². The number of aromatic hydroxyl groups is 1. The van der Waals surface area contributed by atoms with Gasteiger partial charge in [-0.1, -0.05) is 12.5 Å². The summed E-state index contributed by atoms with van der Waals surface area (Å²) >= 11 is 0. The SMILES string of the molecule is Cl.NC(=O)Nc1cc(C(O)C2CCCCN2)ccc1O. The Balaban J connectivity index is 0.00000200. The Morgan fingerprint density at radius 3 is 2.80 bits per heavy atom. The highest BCUT2D eigenvalue weighted by Gasteiger charge is 2.23. The maximum absolute atomic E-state index is 10.8. The summed E-state index contributed by atoms with van der Waals surface area (Å²) in [5.74, 6) is -0.0775. The first-order valence-electron chi connectivity index (χ1n) is 6.39. The molecule has 1 aromatic rings. The van der Waals surface area contributed by atoms with E-state index in [1.807, 2.05) is 0 Å². The molecule has 1 aliphatic heterocycles. The van der Waals surface area contributed by atoms with Crippen LogP contribution in [-0.2, 0) is 0 Å². The molecule has 1 heterocycles. The number of amides is 2. The third kappa shape index (κ3) is 4.00. The number of aliphatic hydroxyl groups is 1. The highest BCUT2D eigenvalue weighted by atomic mass is 35.5. The minimum absolute atomic E-state index is 0. The zero-order chi connectivity index (χ0) is 13.8. The van der Waals surface area contributed by atoms with Gasteiger partial charge in [0.1, 0.15) is 5.75 Å². The van der Waals surface area contributed by atoms with E-state index in [0.29, 0.717) is 5.56 Å². The summed E-state index contributed by atoms with van der Waals surface area (Å²) < 4.78 is 0. The van der Waals surface area contributed by atoms with E-state index < -0.39 is 12.1 Å². The molecule has 1 saturated heterocycles. The van der Waals surface area contributed by atoms with Gasteiger partial charge in [0.05, 0.1) is 11.8 Å². The minimum atomic E-state index is -0.752. The number of halogens is 1. The molecule has 20 heavy (non-hydrogen) atoms. The predicted molar refractivity (Wildman–Crippen MR) is 79.2 cm³/mol. The van der Waals surface area contributed by atoms with Crippen LogP contribution in [0.2, 0.25) is 0 Å². The fourth-order valence-corrected chi connectivity index (χ4v) is 2.35. The molecular weight excluding hydrogens is 282 g/mol. The van der Waals surface area contributed by atoms with E-state index in [9.17, 15) is 15.0 Å². The van der Waals surface area contributed by atoms with E-state index >= 15 is 0 Å². The van der Waals surface area contributed by atoms with E-state index in [1.165, 1.54) is 6.07 Å². The second kappa shape index (κ2) is 7.33. The number of hydrogen-bond donors (Lipinski definition) is 5. The van der Waals surface area contributed by atoms with Crippen molar-refractivity contribution in [3.63, 3.8) is 0 Å². The van der Waals surface area contributed by atoms with Crippen LogP contribution in [0.5, 0.6) is 5.75 Å². The van der Waals surface area contributed by atoms with Crippen molar-refractivity contribution < 1.29 is 15.0 Å². The summed E-state index contributed by atoms with van der Waals surface area (Å²) in [7, 11) is 0. The lowest BCUT2D eigenvalue weighted by atomic mass is 9.94. The first kappa shape index (κ1) is 16.6. The van der Waals surface area contributed by atoms with Gasteiger partial charge in [-0.25, -0.2) is 4.79 Å². The quantitative estimate of drug-likeness (QED) is 0.545. The molecule has 0 bridgehead atoms. The number of rotatable bonds is 3. The van der Waals surface area contributed by atoms with Gasteiger partial charge >= 0.3 is 6.03 Å². The summed E-state index contributed by atoms with van der Waals surface area (Å²) in [4.78, 5) is 10.8. The van der Waals surface area contributed by atoms with Crippen LogP contribution in [0, 0.1) is 0 Å². The Labute approximate surface area is 123 Å². The average molecular weight is 302 g/mol. The van der Waals surface area contributed by atoms with Gasteiger partial charge in [0.2, 0.25) is 0 Å². The third-order valence-corrected chi connectivity index (χ3v) is 3.35. The first-order valence-corrected chi connectivity index (χ1v) is 6.39. The Morgan fingerprint density at radius 1 is 1.45 bits per heavy atom. The molecule has 7 heteroatoms. The summed E-state index contributed by atoms with van der Waals surface area (Å²) in [6, 6.07) is 3.87. The van der Waals surface area contributed by atoms with Crippen molar-refractivity contribution in [1.82, 2.24) is 5.32 Å². The number of piperidine rings is 1. The van der Waals surface area contributed by atoms with E-state index in [4.69, 9.17) is 5.73 Å². The van der Waals surface area contributed by atoms with Gasteiger partial charge in [-0.3, -0.25) is 0 Å². The largest absolute Gasteiger partial charge is 0.506 e. The van der Waals surface area contributed by atoms with Crippen molar-refractivity contribution in [3.05, 3.63) is 23.8 Å². The number of aliphatic hydroxyl groups excluding tert-OH is 1. The Hall–Kier alpha value is -1.50. The fraction of sp³-hybridized carbons (Fsp3) is 0.462. The number of nitrogens with one attached hydrogen (secondary N) is 2. The van der Waals surface area contributed by atoms with Crippen molar-refractivity contribution in [3.8, 4) is 5.75 Å². The molecule has 1 fully saturated rings. The number of anilines is 1. The molecule has 2 rings (SSSR count). The van der Waals surface area contributed by atoms with Gasteiger partial charge < -0.3 is 26.6 Å². The summed E-state index contributed by atoms with van der Waals surface area (Å²) in [5.41, 5.74) is 5.87. The number of benzene rings is 1. The Bertz CT molecular complexity index is 464. The number of carbonyl (C=O) groups is 1.